The summed E-state index contributed by atoms with van der Waals surface area (Å²) >= 11 is 0. The van der Waals surface area contributed by atoms with Gasteiger partial charge in [0.2, 0.25) is 0 Å². The molecule has 0 aliphatic carbocycles. The van der Waals surface area contributed by atoms with Crippen LogP contribution in [0.4, 0.5) is 5.82 Å². The summed E-state index contributed by atoms with van der Waals surface area (Å²) in [4.78, 5) is 4.20. The van der Waals surface area contributed by atoms with Crippen molar-refractivity contribution in [3.8, 4) is 11.5 Å². The molecule has 0 saturated carbocycles. The SMILES string of the molecule is COc1ccc2nc(N)cc(OC)c2c1. The Kier molecular flexibility index (Phi) is 2.33. The summed E-state index contributed by atoms with van der Waals surface area (Å²) in [6.07, 6.45) is 0. The van der Waals surface area contributed by atoms with Crippen LogP contribution in [0.15, 0.2) is 24.3 Å². The maximum absolute atomic E-state index is 5.65. The Morgan fingerprint density at radius 1 is 1.13 bits per heavy atom. The van der Waals surface area contributed by atoms with Gasteiger partial charge in [-0.3, -0.25) is 0 Å². The monoisotopic (exact) mass is 204 g/mol. The zero-order chi connectivity index (χ0) is 10.8. The summed E-state index contributed by atoms with van der Waals surface area (Å²) in [7, 11) is 3.23. The van der Waals surface area contributed by atoms with Crippen molar-refractivity contribution in [2.24, 2.45) is 0 Å². The Hall–Kier alpha value is -1.97. The molecular formula is C11H12N2O2. The van der Waals surface area contributed by atoms with Gasteiger partial charge in [-0.15, -0.1) is 0 Å². The van der Waals surface area contributed by atoms with Gasteiger partial charge in [-0.1, -0.05) is 0 Å². The van der Waals surface area contributed by atoms with Crippen LogP contribution in [0.1, 0.15) is 0 Å². The number of pyridine rings is 1. The lowest BCUT2D eigenvalue weighted by atomic mass is 10.2. The summed E-state index contributed by atoms with van der Waals surface area (Å²) in [5, 5.41) is 0.894. The molecule has 4 nitrogen and oxygen atoms in total. The van der Waals surface area contributed by atoms with Crippen LogP contribution in [0.2, 0.25) is 0 Å². The molecule has 0 fully saturated rings. The fraction of sp³-hybridized carbons (Fsp3) is 0.182. The van der Waals surface area contributed by atoms with Crippen molar-refractivity contribution in [2.45, 2.75) is 0 Å². The van der Waals surface area contributed by atoms with E-state index in [0.29, 0.717) is 11.6 Å². The molecule has 0 unspecified atom stereocenters. The van der Waals surface area contributed by atoms with Crippen LogP contribution in [-0.2, 0) is 0 Å². The zero-order valence-corrected chi connectivity index (χ0v) is 8.65. The number of anilines is 1. The van der Waals surface area contributed by atoms with E-state index in [-0.39, 0.29) is 0 Å². The first-order valence-electron chi connectivity index (χ1n) is 4.53. The minimum atomic E-state index is 0.449. The van der Waals surface area contributed by atoms with Crippen molar-refractivity contribution in [2.75, 3.05) is 20.0 Å². The molecule has 4 heteroatoms. The highest BCUT2D eigenvalue weighted by Crippen LogP contribution is 2.29. The van der Waals surface area contributed by atoms with Crippen molar-refractivity contribution in [3.63, 3.8) is 0 Å². The number of rotatable bonds is 2. The van der Waals surface area contributed by atoms with E-state index in [1.807, 2.05) is 18.2 Å². The number of methoxy groups -OCH3 is 2. The molecule has 1 aromatic heterocycles. The summed E-state index contributed by atoms with van der Waals surface area (Å²) < 4.78 is 10.4. The van der Waals surface area contributed by atoms with Gasteiger partial charge in [0, 0.05) is 11.5 Å². The van der Waals surface area contributed by atoms with Gasteiger partial charge in [0.1, 0.15) is 17.3 Å². The van der Waals surface area contributed by atoms with Crippen molar-refractivity contribution >= 4 is 16.7 Å². The maximum atomic E-state index is 5.65. The highest BCUT2D eigenvalue weighted by molar-refractivity contribution is 5.87. The molecule has 1 aromatic carbocycles. The van der Waals surface area contributed by atoms with E-state index in [1.54, 1.807) is 20.3 Å². The van der Waals surface area contributed by atoms with E-state index in [9.17, 15) is 0 Å². The van der Waals surface area contributed by atoms with E-state index in [1.165, 1.54) is 0 Å². The average molecular weight is 204 g/mol. The number of nitrogens with two attached hydrogens (primary N) is 1. The van der Waals surface area contributed by atoms with Gasteiger partial charge in [0.05, 0.1) is 19.7 Å². The molecule has 15 heavy (non-hydrogen) atoms. The third kappa shape index (κ3) is 1.66. The van der Waals surface area contributed by atoms with Crippen molar-refractivity contribution in [3.05, 3.63) is 24.3 Å². The van der Waals surface area contributed by atoms with E-state index in [2.05, 4.69) is 4.98 Å². The van der Waals surface area contributed by atoms with Crippen molar-refractivity contribution in [1.29, 1.82) is 0 Å². The van der Waals surface area contributed by atoms with Crippen molar-refractivity contribution in [1.82, 2.24) is 4.98 Å². The summed E-state index contributed by atoms with van der Waals surface area (Å²) in [6.45, 7) is 0. The zero-order valence-electron chi connectivity index (χ0n) is 8.65. The summed E-state index contributed by atoms with van der Waals surface area (Å²) in [5.74, 6) is 1.92. The van der Waals surface area contributed by atoms with Gasteiger partial charge in [-0.2, -0.15) is 0 Å². The Bertz CT molecular complexity index is 497. The third-order valence-corrected chi connectivity index (χ3v) is 2.22. The number of aromatic nitrogens is 1. The molecular weight excluding hydrogens is 192 g/mol. The predicted octanol–water partition coefficient (Wildman–Crippen LogP) is 1.83. The molecule has 0 bridgehead atoms. The van der Waals surface area contributed by atoms with Gasteiger partial charge in [-0.25, -0.2) is 4.98 Å². The van der Waals surface area contributed by atoms with Crippen molar-refractivity contribution < 1.29 is 9.47 Å². The summed E-state index contributed by atoms with van der Waals surface area (Å²) in [5.41, 5.74) is 6.45. The number of hydrogen-bond donors (Lipinski definition) is 1. The highest BCUT2D eigenvalue weighted by atomic mass is 16.5. The first-order chi connectivity index (χ1) is 7.24. The second-order valence-corrected chi connectivity index (χ2v) is 3.13. The molecule has 1 heterocycles. The van der Waals surface area contributed by atoms with E-state index >= 15 is 0 Å². The first-order valence-corrected chi connectivity index (χ1v) is 4.53. The Morgan fingerprint density at radius 2 is 1.93 bits per heavy atom. The lowest BCUT2D eigenvalue weighted by Gasteiger charge is -2.07. The predicted molar refractivity (Wildman–Crippen MR) is 59.3 cm³/mol. The molecule has 2 N–H and O–H groups in total. The molecule has 0 spiro atoms. The average Bonchev–Trinajstić information content (AvgIpc) is 2.27. The molecule has 78 valence electrons. The molecule has 0 radical (unpaired) electrons. The molecule has 2 rings (SSSR count). The molecule has 0 saturated heterocycles. The van der Waals surface area contributed by atoms with Crippen LogP contribution in [0.5, 0.6) is 11.5 Å². The molecule has 0 amide bonds. The van der Waals surface area contributed by atoms with Crippen LogP contribution >= 0.6 is 0 Å². The van der Waals surface area contributed by atoms with Gasteiger partial charge >= 0.3 is 0 Å². The molecule has 0 aliphatic rings. The van der Waals surface area contributed by atoms with Crippen LogP contribution in [-0.4, -0.2) is 19.2 Å². The lowest BCUT2D eigenvalue weighted by Crippen LogP contribution is -1.94. The van der Waals surface area contributed by atoms with Crippen LogP contribution in [0, 0.1) is 0 Å². The first kappa shape index (κ1) is 9.58. The molecule has 2 aromatic rings. The minimum Gasteiger partial charge on any atom is -0.497 e. The normalized spacial score (nSPS) is 10.3. The minimum absolute atomic E-state index is 0.449. The number of benzene rings is 1. The number of fused-ring (bicyclic) bond motifs is 1. The fourth-order valence-corrected chi connectivity index (χ4v) is 1.49. The Morgan fingerprint density at radius 3 is 2.60 bits per heavy atom. The number of ether oxygens (including phenoxy) is 2. The molecule has 0 atom stereocenters. The largest absolute Gasteiger partial charge is 0.497 e. The van der Waals surface area contributed by atoms with E-state index < -0.39 is 0 Å². The highest BCUT2D eigenvalue weighted by Gasteiger charge is 2.05. The van der Waals surface area contributed by atoms with Gasteiger partial charge in [0.25, 0.3) is 0 Å². The van der Waals surface area contributed by atoms with Crippen LogP contribution in [0.3, 0.4) is 0 Å². The van der Waals surface area contributed by atoms with Crippen LogP contribution in [0.25, 0.3) is 10.9 Å². The van der Waals surface area contributed by atoms with Gasteiger partial charge in [-0.05, 0) is 18.2 Å². The van der Waals surface area contributed by atoms with Crippen LogP contribution < -0.4 is 15.2 Å². The second-order valence-electron chi connectivity index (χ2n) is 3.13. The lowest BCUT2D eigenvalue weighted by molar-refractivity contribution is 0.412. The fourth-order valence-electron chi connectivity index (χ4n) is 1.49. The third-order valence-electron chi connectivity index (χ3n) is 2.22. The Balaban J connectivity index is 2.73. The molecule has 0 aliphatic heterocycles. The standard InChI is InChI=1S/C11H12N2O2/c1-14-7-3-4-9-8(5-7)10(15-2)6-11(12)13-9/h3-6H,1-2H3,(H2,12,13). The van der Waals surface area contributed by atoms with E-state index in [4.69, 9.17) is 15.2 Å². The van der Waals surface area contributed by atoms with Gasteiger partial charge < -0.3 is 15.2 Å². The maximum Gasteiger partial charge on any atom is 0.132 e. The van der Waals surface area contributed by atoms with E-state index in [0.717, 1.165) is 16.7 Å². The summed E-state index contributed by atoms with van der Waals surface area (Å²) in [6, 6.07) is 7.27. The second kappa shape index (κ2) is 3.65. The Labute approximate surface area is 87.6 Å². The number of nitrogen functional groups attached to an aromatic ring is 1. The quantitative estimate of drug-likeness (QED) is 0.810. The number of nitrogens with zero attached hydrogens (tertiary/aromatic N) is 1. The van der Waals surface area contributed by atoms with Gasteiger partial charge in [0.15, 0.2) is 0 Å². The number of hydrogen-bond acceptors (Lipinski definition) is 4. The topological polar surface area (TPSA) is 57.4 Å². The smallest absolute Gasteiger partial charge is 0.132 e.